The Morgan fingerprint density at radius 1 is 1.53 bits per heavy atom. The Bertz CT molecular complexity index is 293. The Morgan fingerprint density at radius 2 is 2.27 bits per heavy atom. The topological polar surface area (TPSA) is 55.9 Å². The molecule has 0 amide bonds. The van der Waals surface area contributed by atoms with Crippen molar-refractivity contribution in [2.24, 2.45) is 12.9 Å². The summed E-state index contributed by atoms with van der Waals surface area (Å²) >= 11 is 0. The number of unbranched alkanes of at least 4 members (excludes halogenated alkanes) is 2. The lowest BCUT2D eigenvalue weighted by Gasteiger charge is -2.15. The molecule has 0 aliphatic rings. The van der Waals surface area contributed by atoms with E-state index in [4.69, 9.17) is 5.84 Å². The molecule has 1 aromatic heterocycles. The fourth-order valence-corrected chi connectivity index (χ4v) is 1.78. The number of hydrazine groups is 1. The zero-order valence-electron chi connectivity index (χ0n) is 9.95. The highest BCUT2D eigenvalue weighted by atomic mass is 15.3. The maximum Gasteiger partial charge on any atom is 0.0540 e. The van der Waals surface area contributed by atoms with Gasteiger partial charge in [0.1, 0.15) is 0 Å². The van der Waals surface area contributed by atoms with Gasteiger partial charge in [-0.1, -0.05) is 26.2 Å². The van der Waals surface area contributed by atoms with Crippen molar-refractivity contribution in [3.63, 3.8) is 0 Å². The average Bonchev–Trinajstić information content (AvgIpc) is 2.56. The smallest absolute Gasteiger partial charge is 0.0540 e. The highest BCUT2D eigenvalue weighted by Gasteiger charge is 2.14. The largest absolute Gasteiger partial charge is 0.273 e. The summed E-state index contributed by atoms with van der Waals surface area (Å²) in [6.45, 7) is 4.28. The van der Waals surface area contributed by atoms with Crippen LogP contribution in [0.2, 0.25) is 0 Å². The summed E-state index contributed by atoms with van der Waals surface area (Å²) in [7, 11) is 1.96. The summed E-state index contributed by atoms with van der Waals surface area (Å²) in [5.41, 5.74) is 5.29. The molecule has 3 N–H and O–H groups in total. The van der Waals surface area contributed by atoms with Gasteiger partial charge in [0.15, 0.2) is 0 Å². The van der Waals surface area contributed by atoms with Crippen molar-refractivity contribution in [2.75, 3.05) is 0 Å². The van der Waals surface area contributed by atoms with Gasteiger partial charge in [-0.2, -0.15) is 5.10 Å². The van der Waals surface area contributed by atoms with Crippen molar-refractivity contribution in [2.45, 2.75) is 45.6 Å². The number of nitrogens with two attached hydrogens (primary N) is 1. The van der Waals surface area contributed by atoms with Gasteiger partial charge in [-0.3, -0.25) is 16.0 Å². The van der Waals surface area contributed by atoms with Crippen molar-refractivity contribution in [3.05, 3.63) is 17.5 Å². The van der Waals surface area contributed by atoms with Gasteiger partial charge in [-0.15, -0.1) is 0 Å². The number of rotatable bonds is 6. The summed E-state index contributed by atoms with van der Waals surface area (Å²) in [5.74, 6) is 5.58. The van der Waals surface area contributed by atoms with Crippen molar-refractivity contribution < 1.29 is 0 Å². The maximum atomic E-state index is 5.58. The number of hydrogen-bond acceptors (Lipinski definition) is 3. The Balaban J connectivity index is 2.61. The molecule has 4 nitrogen and oxygen atoms in total. The van der Waals surface area contributed by atoms with Crippen molar-refractivity contribution in [3.8, 4) is 0 Å². The van der Waals surface area contributed by atoms with Gasteiger partial charge in [0, 0.05) is 24.3 Å². The summed E-state index contributed by atoms with van der Waals surface area (Å²) in [5, 5.41) is 4.23. The summed E-state index contributed by atoms with van der Waals surface area (Å²) < 4.78 is 1.89. The van der Waals surface area contributed by atoms with Crippen molar-refractivity contribution >= 4 is 0 Å². The average molecular weight is 210 g/mol. The van der Waals surface area contributed by atoms with E-state index in [1.165, 1.54) is 30.5 Å². The molecule has 1 atom stereocenters. The Kier molecular flexibility index (Phi) is 4.78. The van der Waals surface area contributed by atoms with E-state index in [-0.39, 0.29) is 6.04 Å². The van der Waals surface area contributed by atoms with E-state index >= 15 is 0 Å². The van der Waals surface area contributed by atoms with Crippen molar-refractivity contribution in [1.82, 2.24) is 15.2 Å². The standard InChI is InChI=1S/C11H22N4/c1-4-5-6-7-11(14-12)10-8-13-15(3)9(10)2/h8,11,14H,4-7,12H2,1-3H3. The van der Waals surface area contributed by atoms with Gasteiger partial charge in [-0.05, 0) is 13.3 Å². The van der Waals surface area contributed by atoms with Crippen LogP contribution in [-0.2, 0) is 7.05 Å². The molecule has 0 fully saturated rings. The van der Waals surface area contributed by atoms with Crippen LogP contribution >= 0.6 is 0 Å². The number of aryl methyl sites for hydroxylation is 1. The minimum Gasteiger partial charge on any atom is -0.273 e. The second-order valence-corrected chi connectivity index (χ2v) is 4.02. The third-order valence-corrected chi connectivity index (χ3v) is 2.95. The normalized spacial score (nSPS) is 13.1. The van der Waals surface area contributed by atoms with Gasteiger partial charge >= 0.3 is 0 Å². The molecule has 0 spiro atoms. The molecule has 15 heavy (non-hydrogen) atoms. The SMILES string of the molecule is CCCCCC(NN)c1cnn(C)c1C. The predicted octanol–water partition coefficient (Wildman–Crippen LogP) is 1.81. The lowest BCUT2D eigenvalue weighted by molar-refractivity contribution is 0.484. The van der Waals surface area contributed by atoms with E-state index in [1.54, 1.807) is 0 Å². The van der Waals surface area contributed by atoms with Gasteiger partial charge in [0.05, 0.1) is 6.20 Å². The second-order valence-electron chi connectivity index (χ2n) is 4.02. The summed E-state index contributed by atoms with van der Waals surface area (Å²) in [4.78, 5) is 0. The second kappa shape index (κ2) is 5.88. The predicted molar refractivity (Wildman–Crippen MR) is 62.2 cm³/mol. The molecule has 0 aromatic carbocycles. The first kappa shape index (κ1) is 12.2. The van der Waals surface area contributed by atoms with E-state index < -0.39 is 0 Å². The number of hydrogen-bond donors (Lipinski definition) is 2. The number of aromatic nitrogens is 2. The molecule has 1 rings (SSSR count). The highest BCUT2D eigenvalue weighted by molar-refractivity contribution is 5.20. The Morgan fingerprint density at radius 3 is 2.73 bits per heavy atom. The number of nitrogens with zero attached hydrogens (tertiary/aromatic N) is 2. The molecule has 1 aromatic rings. The van der Waals surface area contributed by atoms with Crippen LogP contribution in [0.5, 0.6) is 0 Å². The van der Waals surface area contributed by atoms with E-state index in [9.17, 15) is 0 Å². The first-order valence-corrected chi connectivity index (χ1v) is 5.65. The first-order valence-electron chi connectivity index (χ1n) is 5.65. The summed E-state index contributed by atoms with van der Waals surface area (Å²) in [6, 6.07) is 0.241. The molecule has 0 saturated heterocycles. The van der Waals surface area contributed by atoms with Crippen LogP contribution in [0, 0.1) is 6.92 Å². The van der Waals surface area contributed by atoms with Crippen LogP contribution in [0.15, 0.2) is 6.20 Å². The molecule has 86 valence electrons. The van der Waals surface area contributed by atoms with Crippen LogP contribution in [0.25, 0.3) is 0 Å². The van der Waals surface area contributed by atoms with E-state index in [1.807, 2.05) is 17.9 Å². The fraction of sp³-hybridized carbons (Fsp3) is 0.727. The van der Waals surface area contributed by atoms with Crippen LogP contribution in [0.3, 0.4) is 0 Å². The summed E-state index contributed by atoms with van der Waals surface area (Å²) in [6.07, 6.45) is 6.70. The molecule has 1 heterocycles. The zero-order chi connectivity index (χ0) is 11.3. The molecule has 0 radical (unpaired) electrons. The van der Waals surface area contributed by atoms with Crippen LogP contribution < -0.4 is 11.3 Å². The van der Waals surface area contributed by atoms with Crippen molar-refractivity contribution in [1.29, 1.82) is 0 Å². The van der Waals surface area contributed by atoms with E-state index in [2.05, 4.69) is 24.4 Å². The molecule has 0 aliphatic carbocycles. The minimum absolute atomic E-state index is 0.241. The van der Waals surface area contributed by atoms with Gasteiger partial charge in [0.25, 0.3) is 0 Å². The third-order valence-electron chi connectivity index (χ3n) is 2.95. The highest BCUT2D eigenvalue weighted by Crippen LogP contribution is 2.21. The van der Waals surface area contributed by atoms with Gasteiger partial charge in [-0.25, -0.2) is 0 Å². The monoisotopic (exact) mass is 210 g/mol. The van der Waals surface area contributed by atoms with Gasteiger partial charge in [0.2, 0.25) is 0 Å². The lowest BCUT2D eigenvalue weighted by Crippen LogP contribution is -2.28. The Labute approximate surface area is 91.8 Å². The first-order chi connectivity index (χ1) is 7.20. The molecule has 0 saturated carbocycles. The van der Waals surface area contributed by atoms with E-state index in [0.29, 0.717) is 0 Å². The zero-order valence-corrected chi connectivity index (χ0v) is 9.95. The fourth-order valence-electron chi connectivity index (χ4n) is 1.78. The molecule has 4 heteroatoms. The molecular weight excluding hydrogens is 188 g/mol. The van der Waals surface area contributed by atoms with Crippen LogP contribution in [0.4, 0.5) is 0 Å². The minimum atomic E-state index is 0.241. The molecular formula is C11H22N4. The third kappa shape index (κ3) is 3.04. The quantitative estimate of drug-likeness (QED) is 0.428. The van der Waals surface area contributed by atoms with E-state index in [0.717, 1.165) is 6.42 Å². The lowest BCUT2D eigenvalue weighted by atomic mass is 10.0. The van der Waals surface area contributed by atoms with Crippen LogP contribution in [0.1, 0.15) is 49.9 Å². The van der Waals surface area contributed by atoms with Gasteiger partial charge < -0.3 is 0 Å². The molecule has 1 unspecified atom stereocenters. The van der Waals surface area contributed by atoms with Crippen LogP contribution in [-0.4, -0.2) is 9.78 Å². The Hall–Kier alpha value is -0.870. The maximum absolute atomic E-state index is 5.58. The number of nitrogens with one attached hydrogen (secondary N) is 1. The molecule has 0 bridgehead atoms. The molecule has 0 aliphatic heterocycles.